The average Bonchev–Trinajstić information content (AvgIpc) is 3.22. The molecule has 0 spiro atoms. The van der Waals surface area contributed by atoms with Crippen molar-refractivity contribution >= 4 is 11.8 Å². The molecular formula is C22H30N2O3. The Balaban J connectivity index is 1.12. The van der Waals surface area contributed by atoms with Gasteiger partial charge in [0, 0.05) is 19.0 Å². The third-order valence-corrected chi connectivity index (χ3v) is 6.30. The second-order valence-corrected chi connectivity index (χ2v) is 8.51. The van der Waals surface area contributed by atoms with E-state index >= 15 is 0 Å². The largest absolute Gasteiger partial charge is 0.484 e. The molecule has 2 N–H and O–H groups in total. The summed E-state index contributed by atoms with van der Waals surface area (Å²) in [5.41, 5.74) is 1.16. The molecule has 5 nitrogen and oxygen atoms in total. The Kier molecular flexibility index (Phi) is 5.65. The minimum Gasteiger partial charge on any atom is -0.484 e. The van der Waals surface area contributed by atoms with Crippen LogP contribution in [0.1, 0.15) is 50.5 Å². The Bertz CT molecular complexity index is 669. The van der Waals surface area contributed by atoms with Crippen LogP contribution in [0.15, 0.2) is 24.3 Å². The van der Waals surface area contributed by atoms with Gasteiger partial charge in [-0.3, -0.25) is 9.59 Å². The molecule has 3 atom stereocenters. The Morgan fingerprint density at radius 3 is 2.48 bits per heavy atom. The van der Waals surface area contributed by atoms with E-state index in [-0.39, 0.29) is 18.4 Å². The normalized spacial score (nSPS) is 26.0. The van der Waals surface area contributed by atoms with Gasteiger partial charge in [-0.25, -0.2) is 0 Å². The molecule has 3 fully saturated rings. The van der Waals surface area contributed by atoms with Gasteiger partial charge in [0.05, 0.1) is 0 Å². The Morgan fingerprint density at radius 2 is 1.81 bits per heavy atom. The molecule has 0 heterocycles. The van der Waals surface area contributed by atoms with E-state index in [0.29, 0.717) is 30.7 Å². The van der Waals surface area contributed by atoms with Crippen LogP contribution in [0.25, 0.3) is 0 Å². The lowest BCUT2D eigenvalue weighted by Crippen LogP contribution is -2.30. The summed E-state index contributed by atoms with van der Waals surface area (Å²) >= 11 is 0. The molecule has 3 saturated carbocycles. The lowest BCUT2D eigenvalue weighted by molar-refractivity contribution is -0.123. The number of fused-ring (bicyclic) bond motifs is 2. The standard InChI is InChI=1S/C22H30N2O3/c25-21(13-18-12-16-1-4-17(18)11-16)23-10-9-15-2-7-20(8-3-15)27-14-22(26)24-19-5-6-19/h2-3,7-8,16-19H,1,4-6,9-14H2,(H,23,25)(H,24,26). The minimum absolute atomic E-state index is 0.0558. The van der Waals surface area contributed by atoms with Crippen molar-refractivity contribution in [2.24, 2.45) is 17.8 Å². The molecule has 0 saturated heterocycles. The molecular weight excluding hydrogens is 340 g/mol. The van der Waals surface area contributed by atoms with Crippen molar-refractivity contribution in [1.29, 1.82) is 0 Å². The van der Waals surface area contributed by atoms with E-state index in [2.05, 4.69) is 10.6 Å². The van der Waals surface area contributed by atoms with Crippen LogP contribution in [0, 0.1) is 17.8 Å². The molecule has 3 aliphatic carbocycles. The van der Waals surface area contributed by atoms with E-state index < -0.39 is 0 Å². The van der Waals surface area contributed by atoms with Crippen LogP contribution >= 0.6 is 0 Å². The number of benzene rings is 1. The Labute approximate surface area is 161 Å². The van der Waals surface area contributed by atoms with E-state index in [4.69, 9.17) is 4.74 Å². The van der Waals surface area contributed by atoms with Crippen molar-refractivity contribution in [3.05, 3.63) is 29.8 Å². The third kappa shape index (κ3) is 5.24. The first-order valence-electron chi connectivity index (χ1n) is 10.4. The van der Waals surface area contributed by atoms with Crippen molar-refractivity contribution < 1.29 is 14.3 Å². The molecule has 1 aromatic rings. The fourth-order valence-electron chi connectivity index (χ4n) is 4.68. The molecule has 0 radical (unpaired) electrons. The molecule has 4 rings (SSSR count). The van der Waals surface area contributed by atoms with Gasteiger partial charge in [0.25, 0.3) is 5.91 Å². The molecule has 1 aromatic carbocycles. The van der Waals surface area contributed by atoms with E-state index in [1.807, 2.05) is 24.3 Å². The third-order valence-electron chi connectivity index (χ3n) is 6.30. The number of amides is 2. The van der Waals surface area contributed by atoms with Crippen LogP contribution in [0.4, 0.5) is 0 Å². The quantitative estimate of drug-likeness (QED) is 0.702. The van der Waals surface area contributed by atoms with Crippen molar-refractivity contribution in [3.63, 3.8) is 0 Å². The summed E-state index contributed by atoms with van der Waals surface area (Å²) in [6, 6.07) is 8.13. The zero-order valence-electron chi connectivity index (χ0n) is 15.9. The van der Waals surface area contributed by atoms with Crippen molar-refractivity contribution in [2.75, 3.05) is 13.2 Å². The van der Waals surface area contributed by atoms with Gasteiger partial charge >= 0.3 is 0 Å². The Morgan fingerprint density at radius 1 is 1.00 bits per heavy atom. The second kappa shape index (κ2) is 8.32. The number of hydrogen-bond acceptors (Lipinski definition) is 3. The maximum Gasteiger partial charge on any atom is 0.258 e. The molecule has 27 heavy (non-hydrogen) atoms. The van der Waals surface area contributed by atoms with Gasteiger partial charge in [-0.1, -0.05) is 18.6 Å². The van der Waals surface area contributed by atoms with Crippen molar-refractivity contribution in [1.82, 2.24) is 10.6 Å². The molecule has 0 aliphatic heterocycles. The van der Waals surface area contributed by atoms with Crippen LogP contribution in [0.2, 0.25) is 0 Å². The highest BCUT2D eigenvalue weighted by atomic mass is 16.5. The summed E-state index contributed by atoms with van der Waals surface area (Å²) in [6.07, 6.45) is 9.01. The lowest BCUT2D eigenvalue weighted by Gasteiger charge is -2.20. The Hall–Kier alpha value is -2.04. The predicted molar refractivity (Wildman–Crippen MR) is 103 cm³/mol. The van der Waals surface area contributed by atoms with E-state index in [9.17, 15) is 9.59 Å². The number of carbonyl (C=O) groups excluding carboxylic acids is 2. The van der Waals surface area contributed by atoms with Gasteiger partial charge in [0.1, 0.15) is 5.75 Å². The van der Waals surface area contributed by atoms with Gasteiger partial charge in [0.15, 0.2) is 6.61 Å². The summed E-state index contributed by atoms with van der Waals surface area (Å²) in [5.74, 6) is 3.17. The molecule has 3 unspecified atom stereocenters. The highest BCUT2D eigenvalue weighted by Crippen LogP contribution is 2.49. The van der Waals surface area contributed by atoms with Crippen LogP contribution in [0.5, 0.6) is 5.75 Å². The van der Waals surface area contributed by atoms with Gasteiger partial charge in [-0.15, -0.1) is 0 Å². The average molecular weight is 370 g/mol. The fourth-order valence-corrected chi connectivity index (χ4v) is 4.68. The summed E-state index contributed by atoms with van der Waals surface area (Å²) in [4.78, 5) is 23.8. The molecule has 146 valence electrons. The SMILES string of the molecule is O=C(CC1CC2CCC1C2)NCCc1ccc(OCC(=O)NC2CC2)cc1. The second-order valence-electron chi connectivity index (χ2n) is 8.51. The van der Waals surface area contributed by atoms with Gasteiger partial charge in [0.2, 0.25) is 5.91 Å². The van der Waals surface area contributed by atoms with E-state index in [1.165, 1.54) is 25.7 Å². The van der Waals surface area contributed by atoms with Gasteiger partial charge in [-0.05, 0) is 74.0 Å². The molecule has 0 aromatic heterocycles. The highest BCUT2D eigenvalue weighted by Gasteiger charge is 2.39. The summed E-state index contributed by atoms with van der Waals surface area (Å²) in [5, 5.41) is 5.98. The number of ether oxygens (including phenoxy) is 1. The highest BCUT2D eigenvalue weighted by molar-refractivity contribution is 5.78. The summed E-state index contributed by atoms with van der Waals surface area (Å²) in [6.45, 7) is 0.735. The first-order valence-corrected chi connectivity index (χ1v) is 10.4. The monoisotopic (exact) mass is 370 g/mol. The molecule has 3 aliphatic rings. The van der Waals surface area contributed by atoms with Crippen LogP contribution in [-0.4, -0.2) is 31.0 Å². The zero-order chi connectivity index (χ0) is 18.6. The smallest absolute Gasteiger partial charge is 0.258 e. The summed E-state index contributed by atoms with van der Waals surface area (Å²) < 4.78 is 5.51. The number of rotatable bonds is 9. The van der Waals surface area contributed by atoms with Gasteiger partial charge in [-0.2, -0.15) is 0 Å². The molecule has 2 amide bonds. The first kappa shape index (κ1) is 18.3. The number of hydrogen-bond donors (Lipinski definition) is 2. The van der Waals surface area contributed by atoms with E-state index in [0.717, 1.165) is 36.7 Å². The maximum atomic E-state index is 12.2. The topological polar surface area (TPSA) is 67.4 Å². The van der Waals surface area contributed by atoms with Crippen LogP contribution in [0.3, 0.4) is 0 Å². The summed E-state index contributed by atoms with van der Waals surface area (Å²) in [7, 11) is 0. The maximum absolute atomic E-state index is 12.2. The number of nitrogens with one attached hydrogen (secondary N) is 2. The fraction of sp³-hybridized carbons (Fsp3) is 0.636. The molecule has 2 bridgehead atoms. The van der Waals surface area contributed by atoms with Crippen molar-refractivity contribution in [3.8, 4) is 5.75 Å². The van der Waals surface area contributed by atoms with Crippen LogP contribution in [-0.2, 0) is 16.0 Å². The zero-order valence-corrected chi connectivity index (χ0v) is 15.9. The van der Waals surface area contributed by atoms with E-state index in [1.54, 1.807) is 0 Å². The minimum atomic E-state index is -0.0558. The van der Waals surface area contributed by atoms with Crippen molar-refractivity contribution in [2.45, 2.75) is 57.4 Å². The molecule has 5 heteroatoms. The number of carbonyl (C=O) groups is 2. The predicted octanol–water partition coefficient (Wildman–Crippen LogP) is 2.83. The van der Waals surface area contributed by atoms with Crippen LogP contribution < -0.4 is 15.4 Å². The van der Waals surface area contributed by atoms with Gasteiger partial charge < -0.3 is 15.4 Å². The first-order chi connectivity index (χ1) is 13.2. The lowest BCUT2D eigenvalue weighted by atomic mass is 9.86.